The second kappa shape index (κ2) is 6.91. The molecule has 0 atom stereocenters. The molecule has 2 rings (SSSR count). The normalized spacial score (nSPS) is 15.8. The van der Waals surface area contributed by atoms with E-state index in [4.69, 9.17) is 4.74 Å². The summed E-state index contributed by atoms with van der Waals surface area (Å²) in [7, 11) is 0. The number of hydrogen-bond donors (Lipinski definition) is 0. The number of nitrogens with zero attached hydrogens (tertiary/aromatic N) is 2. The van der Waals surface area contributed by atoms with Gasteiger partial charge in [0.05, 0.1) is 0 Å². The molecule has 6 heteroatoms. The fourth-order valence-electron chi connectivity index (χ4n) is 2.40. The van der Waals surface area contributed by atoms with Gasteiger partial charge in [0, 0.05) is 24.1 Å². The molecule has 5 nitrogen and oxygen atoms in total. The number of carbonyl (C=O) groups is 2. The summed E-state index contributed by atoms with van der Waals surface area (Å²) in [5, 5.41) is 0. The Morgan fingerprint density at radius 3 is 2.57 bits per heavy atom. The molecule has 1 aliphatic heterocycles. The Labute approximate surface area is 145 Å². The van der Waals surface area contributed by atoms with Crippen LogP contribution in [0.3, 0.4) is 0 Å². The highest BCUT2D eigenvalue weighted by atomic mass is 79.9. The Morgan fingerprint density at radius 1 is 1.30 bits per heavy atom. The molecule has 1 aliphatic rings. The quantitative estimate of drug-likeness (QED) is 0.787. The van der Waals surface area contributed by atoms with Crippen LogP contribution in [-0.4, -0.2) is 47.0 Å². The Balaban J connectivity index is 1.96. The minimum absolute atomic E-state index is 0.0515. The zero-order chi connectivity index (χ0) is 17.2. The number of piperazine rings is 1. The average molecular weight is 383 g/mol. The highest BCUT2D eigenvalue weighted by Gasteiger charge is 2.30. The van der Waals surface area contributed by atoms with Gasteiger partial charge in [-0.3, -0.25) is 9.69 Å². The summed E-state index contributed by atoms with van der Waals surface area (Å²) in [6, 6.07) is 6.04. The highest BCUT2D eigenvalue weighted by molar-refractivity contribution is 9.10. The summed E-state index contributed by atoms with van der Waals surface area (Å²) in [5.41, 5.74) is 1.71. The molecule has 1 fully saturated rings. The van der Waals surface area contributed by atoms with Gasteiger partial charge in [-0.1, -0.05) is 22.0 Å². The molecule has 1 aromatic carbocycles. The zero-order valence-corrected chi connectivity index (χ0v) is 15.6. The maximum atomic E-state index is 12.3. The zero-order valence-electron chi connectivity index (χ0n) is 14.1. The van der Waals surface area contributed by atoms with Gasteiger partial charge in [0.2, 0.25) is 5.91 Å². The summed E-state index contributed by atoms with van der Waals surface area (Å²) in [4.78, 5) is 27.6. The minimum Gasteiger partial charge on any atom is -0.444 e. The lowest BCUT2D eigenvalue weighted by molar-refractivity contribution is -0.136. The SMILES string of the molecule is Cc1cc(Br)ccc1CN1CCN(C(=O)OC(C)(C)C)CC1=O. The number of carbonyl (C=O) groups excluding carboxylic acids is 2. The predicted octanol–water partition coefficient (Wildman–Crippen LogP) is 3.34. The lowest BCUT2D eigenvalue weighted by atomic mass is 10.1. The molecule has 0 unspecified atom stereocenters. The van der Waals surface area contributed by atoms with Gasteiger partial charge in [-0.25, -0.2) is 4.79 Å². The number of amides is 2. The van der Waals surface area contributed by atoms with Crippen LogP contribution in [0.25, 0.3) is 0 Å². The van der Waals surface area contributed by atoms with E-state index in [1.54, 1.807) is 4.90 Å². The van der Waals surface area contributed by atoms with Gasteiger partial charge in [-0.05, 0) is 51.0 Å². The van der Waals surface area contributed by atoms with E-state index >= 15 is 0 Å². The average Bonchev–Trinajstić information content (AvgIpc) is 2.41. The molecule has 0 aromatic heterocycles. The van der Waals surface area contributed by atoms with Crippen LogP contribution in [0, 0.1) is 6.92 Å². The van der Waals surface area contributed by atoms with E-state index in [2.05, 4.69) is 15.9 Å². The van der Waals surface area contributed by atoms with E-state index in [1.807, 2.05) is 45.9 Å². The van der Waals surface area contributed by atoms with Gasteiger partial charge in [0.25, 0.3) is 0 Å². The molecule has 0 radical (unpaired) electrons. The van der Waals surface area contributed by atoms with Gasteiger partial charge in [0.1, 0.15) is 12.1 Å². The van der Waals surface area contributed by atoms with Crippen LogP contribution in [0.2, 0.25) is 0 Å². The fraction of sp³-hybridized carbons (Fsp3) is 0.529. The molecule has 2 amide bonds. The third-order valence-electron chi connectivity index (χ3n) is 3.64. The van der Waals surface area contributed by atoms with Crippen LogP contribution < -0.4 is 0 Å². The van der Waals surface area contributed by atoms with Crippen molar-refractivity contribution in [3.63, 3.8) is 0 Å². The molecule has 126 valence electrons. The maximum absolute atomic E-state index is 12.3. The fourth-order valence-corrected chi connectivity index (χ4v) is 2.88. The lowest BCUT2D eigenvalue weighted by Gasteiger charge is -2.35. The van der Waals surface area contributed by atoms with E-state index < -0.39 is 11.7 Å². The molecule has 0 spiro atoms. The largest absolute Gasteiger partial charge is 0.444 e. The molecular formula is C17H23BrN2O3. The van der Waals surface area contributed by atoms with E-state index in [-0.39, 0.29) is 12.5 Å². The number of ether oxygens (including phenoxy) is 1. The third-order valence-corrected chi connectivity index (χ3v) is 4.13. The van der Waals surface area contributed by atoms with Gasteiger partial charge in [0.15, 0.2) is 0 Å². The summed E-state index contributed by atoms with van der Waals surface area (Å²) < 4.78 is 6.35. The van der Waals surface area contributed by atoms with Gasteiger partial charge in [-0.15, -0.1) is 0 Å². The van der Waals surface area contributed by atoms with E-state index in [0.29, 0.717) is 19.6 Å². The predicted molar refractivity (Wildman–Crippen MR) is 92.1 cm³/mol. The van der Waals surface area contributed by atoms with E-state index in [1.165, 1.54) is 4.90 Å². The van der Waals surface area contributed by atoms with Crippen LogP contribution in [0.4, 0.5) is 4.79 Å². The van der Waals surface area contributed by atoms with Crippen LogP contribution in [0.15, 0.2) is 22.7 Å². The summed E-state index contributed by atoms with van der Waals surface area (Å²) in [6.07, 6.45) is -0.426. The maximum Gasteiger partial charge on any atom is 0.410 e. The first-order chi connectivity index (χ1) is 10.7. The highest BCUT2D eigenvalue weighted by Crippen LogP contribution is 2.19. The second-order valence-electron chi connectivity index (χ2n) is 6.79. The van der Waals surface area contributed by atoms with Crippen molar-refractivity contribution < 1.29 is 14.3 Å². The van der Waals surface area contributed by atoms with Gasteiger partial charge < -0.3 is 9.64 Å². The molecular weight excluding hydrogens is 360 g/mol. The monoisotopic (exact) mass is 382 g/mol. The second-order valence-corrected chi connectivity index (χ2v) is 7.70. The van der Waals surface area contributed by atoms with Crippen molar-refractivity contribution >= 4 is 27.9 Å². The third kappa shape index (κ3) is 4.96. The molecule has 0 bridgehead atoms. The molecule has 0 N–H and O–H groups in total. The van der Waals surface area contributed by atoms with Crippen molar-refractivity contribution in [1.29, 1.82) is 0 Å². The van der Waals surface area contributed by atoms with Crippen molar-refractivity contribution in [2.24, 2.45) is 0 Å². The van der Waals surface area contributed by atoms with E-state index in [9.17, 15) is 9.59 Å². The standard InChI is InChI=1S/C17H23BrN2O3/c1-12-9-14(18)6-5-13(12)10-19-7-8-20(11-15(19)21)16(22)23-17(2,3)4/h5-6,9H,7-8,10-11H2,1-4H3. The van der Waals surface area contributed by atoms with Crippen molar-refractivity contribution in [3.05, 3.63) is 33.8 Å². The smallest absolute Gasteiger partial charge is 0.410 e. The molecule has 0 saturated carbocycles. The van der Waals surface area contributed by atoms with Crippen LogP contribution >= 0.6 is 15.9 Å². The Bertz CT molecular complexity index is 610. The topological polar surface area (TPSA) is 49.9 Å². The van der Waals surface area contributed by atoms with Crippen molar-refractivity contribution in [2.75, 3.05) is 19.6 Å². The van der Waals surface area contributed by atoms with Crippen molar-refractivity contribution in [1.82, 2.24) is 9.80 Å². The van der Waals surface area contributed by atoms with Crippen molar-refractivity contribution in [3.8, 4) is 0 Å². The summed E-state index contributed by atoms with van der Waals surface area (Å²) >= 11 is 3.44. The first-order valence-corrected chi connectivity index (χ1v) is 8.46. The first-order valence-electron chi connectivity index (χ1n) is 7.66. The molecule has 1 saturated heterocycles. The molecule has 1 aromatic rings. The van der Waals surface area contributed by atoms with Crippen LogP contribution in [0.1, 0.15) is 31.9 Å². The Kier molecular flexibility index (Phi) is 5.34. The molecule has 0 aliphatic carbocycles. The van der Waals surface area contributed by atoms with Gasteiger partial charge in [-0.2, -0.15) is 0 Å². The molecule has 23 heavy (non-hydrogen) atoms. The summed E-state index contributed by atoms with van der Waals surface area (Å²) in [6.45, 7) is 9.15. The van der Waals surface area contributed by atoms with Crippen molar-refractivity contribution in [2.45, 2.75) is 39.8 Å². The number of halogens is 1. The number of hydrogen-bond acceptors (Lipinski definition) is 3. The van der Waals surface area contributed by atoms with Crippen LogP contribution in [0.5, 0.6) is 0 Å². The molecule has 1 heterocycles. The Hall–Kier alpha value is -1.56. The minimum atomic E-state index is -0.550. The summed E-state index contributed by atoms with van der Waals surface area (Å²) in [5.74, 6) is -0.0515. The lowest BCUT2D eigenvalue weighted by Crippen LogP contribution is -2.52. The van der Waals surface area contributed by atoms with E-state index in [0.717, 1.165) is 15.6 Å². The first kappa shape index (κ1) is 17.8. The van der Waals surface area contributed by atoms with Crippen LogP contribution in [-0.2, 0) is 16.1 Å². The number of aryl methyl sites for hydroxylation is 1. The number of benzene rings is 1. The van der Waals surface area contributed by atoms with Gasteiger partial charge >= 0.3 is 6.09 Å². The number of rotatable bonds is 2. The Morgan fingerprint density at radius 2 is 2.00 bits per heavy atom.